The highest BCUT2D eigenvalue weighted by molar-refractivity contribution is 5.80. The van der Waals surface area contributed by atoms with E-state index in [-0.39, 0.29) is 17.7 Å². The number of aromatic nitrogens is 1. The number of nitrogens with one attached hydrogen (secondary N) is 1. The van der Waals surface area contributed by atoms with Gasteiger partial charge in [0.05, 0.1) is 26.0 Å². The molecular weight excluding hydrogens is 366 g/mol. The van der Waals surface area contributed by atoms with Gasteiger partial charge in [0.1, 0.15) is 5.75 Å². The van der Waals surface area contributed by atoms with Crippen LogP contribution in [0.2, 0.25) is 0 Å². The molecule has 2 aliphatic rings. The Labute approximate surface area is 172 Å². The number of amides is 1. The summed E-state index contributed by atoms with van der Waals surface area (Å²) < 4.78 is 10.7. The molecule has 2 aromatic rings. The lowest BCUT2D eigenvalue weighted by Gasteiger charge is -2.31. The van der Waals surface area contributed by atoms with E-state index in [0.717, 1.165) is 30.8 Å². The van der Waals surface area contributed by atoms with Gasteiger partial charge in [0.25, 0.3) is 0 Å². The topological polar surface area (TPSA) is 63.7 Å². The third kappa shape index (κ3) is 4.77. The van der Waals surface area contributed by atoms with E-state index in [1.807, 2.05) is 41.4 Å². The quantitative estimate of drug-likeness (QED) is 0.815. The standard InChI is InChI=1S/C23H29N3O3/c1-28-20-7-5-17(6-8-20)21-14-19(25-16-18-4-2-3-9-24-18)15-22(21)23(27)26-10-12-29-13-11-26/h2-9,19,21-22,25H,10-16H2,1H3/t19-,21+,22-/m0/s1. The largest absolute Gasteiger partial charge is 0.497 e. The number of carbonyl (C=O) groups excluding carboxylic acids is 1. The highest BCUT2D eigenvalue weighted by Crippen LogP contribution is 2.41. The zero-order valence-corrected chi connectivity index (χ0v) is 16.9. The second-order valence-corrected chi connectivity index (χ2v) is 7.79. The number of rotatable bonds is 6. The van der Waals surface area contributed by atoms with Gasteiger partial charge in [-0.2, -0.15) is 0 Å². The number of hydrogen-bond donors (Lipinski definition) is 1. The van der Waals surface area contributed by atoms with Gasteiger partial charge in [-0.05, 0) is 48.6 Å². The van der Waals surface area contributed by atoms with Gasteiger partial charge >= 0.3 is 0 Å². The summed E-state index contributed by atoms with van der Waals surface area (Å²) in [7, 11) is 1.67. The Morgan fingerprint density at radius 2 is 1.97 bits per heavy atom. The number of nitrogens with zero attached hydrogens (tertiary/aromatic N) is 2. The van der Waals surface area contributed by atoms with E-state index in [1.165, 1.54) is 5.56 Å². The Morgan fingerprint density at radius 1 is 1.17 bits per heavy atom. The lowest BCUT2D eigenvalue weighted by Crippen LogP contribution is -2.44. The number of methoxy groups -OCH3 is 1. The van der Waals surface area contributed by atoms with Gasteiger partial charge in [-0.3, -0.25) is 9.78 Å². The molecule has 154 valence electrons. The maximum atomic E-state index is 13.3. The fourth-order valence-electron chi connectivity index (χ4n) is 4.47. The molecule has 1 aromatic carbocycles. The second kappa shape index (κ2) is 9.37. The molecule has 29 heavy (non-hydrogen) atoms. The van der Waals surface area contributed by atoms with E-state index in [4.69, 9.17) is 9.47 Å². The van der Waals surface area contributed by atoms with Gasteiger partial charge in [0, 0.05) is 37.8 Å². The van der Waals surface area contributed by atoms with Gasteiger partial charge in [0.2, 0.25) is 5.91 Å². The number of morpholine rings is 1. The summed E-state index contributed by atoms with van der Waals surface area (Å²) in [6, 6.07) is 14.4. The molecule has 1 N–H and O–H groups in total. The third-order valence-electron chi connectivity index (χ3n) is 6.04. The lowest BCUT2D eigenvalue weighted by atomic mass is 9.88. The van der Waals surface area contributed by atoms with E-state index in [1.54, 1.807) is 7.11 Å². The van der Waals surface area contributed by atoms with Crippen molar-refractivity contribution < 1.29 is 14.3 Å². The molecule has 0 spiro atoms. The Hall–Kier alpha value is -2.44. The normalized spacial score (nSPS) is 24.4. The summed E-state index contributed by atoms with van der Waals surface area (Å²) in [6.07, 6.45) is 3.61. The maximum Gasteiger partial charge on any atom is 0.226 e. The van der Waals surface area contributed by atoms with Crippen molar-refractivity contribution in [1.82, 2.24) is 15.2 Å². The zero-order chi connectivity index (χ0) is 20.1. The summed E-state index contributed by atoms with van der Waals surface area (Å²) in [5, 5.41) is 3.63. The van der Waals surface area contributed by atoms with Crippen LogP contribution in [-0.2, 0) is 16.1 Å². The molecular formula is C23H29N3O3. The summed E-state index contributed by atoms with van der Waals surface area (Å²) in [5.74, 6) is 1.30. The van der Waals surface area contributed by atoms with Gasteiger partial charge in [-0.15, -0.1) is 0 Å². The van der Waals surface area contributed by atoms with E-state index in [0.29, 0.717) is 32.3 Å². The van der Waals surface area contributed by atoms with Crippen LogP contribution in [0, 0.1) is 5.92 Å². The predicted octanol–water partition coefficient (Wildman–Crippen LogP) is 2.60. The van der Waals surface area contributed by atoms with Crippen molar-refractivity contribution in [3.05, 3.63) is 59.9 Å². The van der Waals surface area contributed by atoms with Crippen molar-refractivity contribution in [2.75, 3.05) is 33.4 Å². The van der Waals surface area contributed by atoms with E-state index in [2.05, 4.69) is 22.4 Å². The number of ether oxygens (including phenoxy) is 2. The molecule has 0 unspecified atom stereocenters. The monoisotopic (exact) mass is 395 g/mol. The Morgan fingerprint density at radius 3 is 2.66 bits per heavy atom. The van der Waals surface area contributed by atoms with E-state index < -0.39 is 0 Å². The van der Waals surface area contributed by atoms with E-state index >= 15 is 0 Å². The van der Waals surface area contributed by atoms with Crippen LogP contribution in [0.4, 0.5) is 0 Å². The summed E-state index contributed by atoms with van der Waals surface area (Å²) in [4.78, 5) is 19.7. The highest BCUT2D eigenvalue weighted by atomic mass is 16.5. The van der Waals surface area contributed by atoms with E-state index in [9.17, 15) is 4.79 Å². The molecule has 6 nitrogen and oxygen atoms in total. The van der Waals surface area contributed by atoms with Crippen LogP contribution in [-0.4, -0.2) is 55.2 Å². The smallest absolute Gasteiger partial charge is 0.226 e. The van der Waals surface area contributed by atoms with Crippen molar-refractivity contribution in [3.63, 3.8) is 0 Å². The van der Waals surface area contributed by atoms with Gasteiger partial charge in [-0.1, -0.05) is 18.2 Å². The first-order valence-corrected chi connectivity index (χ1v) is 10.4. The lowest BCUT2D eigenvalue weighted by molar-refractivity contribution is -0.140. The molecule has 1 aliphatic carbocycles. The molecule has 0 radical (unpaired) electrons. The molecule has 6 heteroatoms. The Kier molecular flexibility index (Phi) is 6.42. The second-order valence-electron chi connectivity index (χ2n) is 7.79. The van der Waals surface area contributed by atoms with Crippen LogP contribution in [0.3, 0.4) is 0 Å². The molecule has 1 saturated heterocycles. The summed E-state index contributed by atoms with van der Waals surface area (Å²) in [5.41, 5.74) is 2.23. The van der Waals surface area contributed by atoms with Crippen LogP contribution < -0.4 is 10.1 Å². The molecule has 1 saturated carbocycles. The van der Waals surface area contributed by atoms with Crippen molar-refractivity contribution in [2.45, 2.75) is 31.3 Å². The zero-order valence-electron chi connectivity index (χ0n) is 16.9. The van der Waals surface area contributed by atoms with Crippen molar-refractivity contribution in [1.29, 1.82) is 0 Å². The summed E-state index contributed by atoms with van der Waals surface area (Å²) in [6.45, 7) is 3.37. The van der Waals surface area contributed by atoms with Crippen molar-refractivity contribution >= 4 is 5.91 Å². The third-order valence-corrected chi connectivity index (χ3v) is 6.04. The fourth-order valence-corrected chi connectivity index (χ4v) is 4.47. The molecule has 4 rings (SSSR count). The van der Waals surface area contributed by atoms with Crippen LogP contribution in [0.25, 0.3) is 0 Å². The number of carbonyl (C=O) groups is 1. The molecule has 1 amide bonds. The first-order valence-electron chi connectivity index (χ1n) is 10.4. The Bertz CT molecular complexity index is 791. The minimum Gasteiger partial charge on any atom is -0.497 e. The number of hydrogen-bond acceptors (Lipinski definition) is 5. The van der Waals surface area contributed by atoms with Crippen LogP contribution >= 0.6 is 0 Å². The molecule has 2 heterocycles. The average Bonchev–Trinajstić information content (AvgIpc) is 3.23. The first kappa shape index (κ1) is 19.9. The maximum absolute atomic E-state index is 13.3. The first-order chi connectivity index (χ1) is 14.2. The number of pyridine rings is 1. The number of benzene rings is 1. The van der Waals surface area contributed by atoms with Crippen molar-refractivity contribution in [3.8, 4) is 5.75 Å². The summed E-state index contributed by atoms with van der Waals surface area (Å²) >= 11 is 0. The van der Waals surface area contributed by atoms with Gasteiger partial charge < -0.3 is 19.7 Å². The van der Waals surface area contributed by atoms with Crippen LogP contribution in [0.5, 0.6) is 5.75 Å². The molecule has 1 aliphatic heterocycles. The minimum atomic E-state index is -0.0114. The SMILES string of the molecule is COc1ccc([C@H]2C[C@H](NCc3ccccn3)C[C@@H]2C(=O)N2CCOCC2)cc1. The molecule has 1 aromatic heterocycles. The predicted molar refractivity (Wildman–Crippen MR) is 111 cm³/mol. The average molecular weight is 396 g/mol. The van der Waals surface area contributed by atoms with Gasteiger partial charge in [0.15, 0.2) is 0 Å². The van der Waals surface area contributed by atoms with Crippen LogP contribution in [0.15, 0.2) is 48.7 Å². The van der Waals surface area contributed by atoms with Crippen LogP contribution in [0.1, 0.15) is 30.0 Å². The van der Waals surface area contributed by atoms with Crippen molar-refractivity contribution in [2.24, 2.45) is 5.92 Å². The Balaban J connectivity index is 1.49. The molecule has 2 fully saturated rings. The fraction of sp³-hybridized carbons (Fsp3) is 0.478. The molecule has 3 atom stereocenters. The minimum absolute atomic E-state index is 0.0114. The highest BCUT2D eigenvalue weighted by Gasteiger charge is 2.41. The van der Waals surface area contributed by atoms with Gasteiger partial charge in [-0.25, -0.2) is 0 Å². The molecule has 0 bridgehead atoms.